The Hall–Kier alpha value is -1.41. The van der Waals surface area contributed by atoms with Crippen molar-refractivity contribution in [1.29, 1.82) is 0 Å². The van der Waals surface area contributed by atoms with E-state index in [-0.39, 0.29) is 27.9 Å². The highest BCUT2D eigenvalue weighted by atomic mass is 35.5. The average Bonchev–Trinajstić information content (AvgIpc) is 2.96. The van der Waals surface area contributed by atoms with Gasteiger partial charge in [-0.2, -0.15) is 0 Å². The van der Waals surface area contributed by atoms with E-state index >= 15 is 0 Å². The van der Waals surface area contributed by atoms with Crippen molar-refractivity contribution in [3.05, 3.63) is 45.1 Å². The first-order valence-corrected chi connectivity index (χ1v) is 11.0. The Morgan fingerprint density at radius 3 is 2.35 bits per heavy atom. The molecule has 0 N–H and O–H groups in total. The molecule has 1 fully saturated rings. The fraction of sp³-hybridized carbons (Fsp3) is 0.389. The number of halogens is 1. The molecule has 3 rings (SSSR count). The number of benzene rings is 1. The maximum atomic E-state index is 12.9. The molecule has 1 saturated heterocycles. The van der Waals surface area contributed by atoms with Crippen LogP contribution in [0.4, 0.5) is 0 Å². The van der Waals surface area contributed by atoms with Crippen LogP contribution >= 0.6 is 22.9 Å². The third-order valence-electron chi connectivity index (χ3n) is 4.31. The summed E-state index contributed by atoms with van der Waals surface area (Å²) in [5, 5.41) is 2.01. The van der Waals surface area contributed by atoms with Gasteiger partial charge in [0, 0.05) is 23.5 Å². The average molecular weight is 414 g/mol. The van der Waals surface area contributed by atoms with E-state index in [1.54, 1.807) is 29.3 Å². The van der Waals surface area contributed by atoms with Crippen molar-refractivity contribution in [3.8, 4) is 0 Å². The molecule has 0 aliphatic carbocycles. The number of rotatable bonds is 3. The van der Waals surface area contributed by atoms with Gasteiger partial charge >= 0.3 is 0 Å². The first-order valence-electron chi connectivity index (χ1n) is 8.23. The number of thiophene rings is 1. The molecule has 2 atom stereocenters. The molecule has 2 aromatic rings. The van der Waals surface area contributed by atoms with Gasteiger partial charge < -0.3 is 9.64 Å². The van der Waals surface area contributed by atoms with E-state index in [0.717, 1.165) is 0 Å². The number of morpholine rings is 1. The standard InChI is InChI=1S/C18H20ClNO4S2/c1-11-8-20(9-12(2)24-11)18(21)17-13(3)16(10-25-17)26(22,23)15-6-4-14(19)5-7-15/h4-7,10-12H,8-9H2,1-3H3/t11-,12+. The van der Waals surface area contributed by atoms with Crippen LogP contribution in [0.5, 0.6) is 0 Å². The molecule has 1 aliphatic rings. The van der Waals surface area contributed by atoms with Gasteiger partial charge in [-0.05, 0) is 50.6 Å². The lowest BCUT2D eigenvalue weighted by molar-refractivity contribution is -0.0585. The van der Waals surface area contributed by atoms with Gasteiger partial charge in [-0.3, -0.25) is 4.79 Å². The van der Waals surface area contributed by atoms with Gasteiger partial charge in [0.05, 0.1) is 26.9 Å². The molecule has 26 heavy (non-hydrogen) atoms. The van der Waals surface area contributed by atoms with Crippen LogP contribution in [-0.2, 0) is 14.6 Å². The zero-order valence-corrected chi connectivity index (χ0v) is 17.1. The molecule has 5 nitrogen and oxygen atoms in total. The Morgan fingerprint density at radius 1 is 1.19 bits per heavy atom. The predicted molar refractivity (Wildman–Crippen MR) is 102 cm³/mol. The molecular weight excluding hydrogens is 394 g/mol. The minimum Gasteiger partial charge on any atom is -0.372 e. The summed E-state index contributed by atoms with van der Waals surface area (Å²) in [4.78, 5) is 15.4. The van der Waals surface area contributed by atoms with Gasteiger partial charge in [0.25, 0.3) is 5.91 Å². The number of ether oxygens (including phenoxy) is 1. The number of carbonyl (C=O) groups excluding carboxylic acids is 1. The number of nitrogens with zero attached hydrogens (tertiary/aromatic N) is 1. The smallest absolute Gasteiger partial charge is 0.264 e. The summed E-state index contributed by atoms with van der Waals surface area (Å²) in [5.74, 6) is -0.146. The van der Waals surface area contributed by atoms with Crippen molar-refractivity contribution in [3.63, 3.8) is 0 Å². The second-order valence-electron chi connectivity index (χ2n) is 6.48. The normalized spacial score (nSPS) is 21.0. The fourth-order valence-corrected chi connectivity index (χ4v) is 6.12. The molecule has 140 valence electrons. The lowest BCUT2D eigenvalue weighted by atomic mass is 10.2. The molecular formula is C18H20ClNO4S2. The second-order valence-corrected chi connectivity index (χ2v) is 9.71. The van der Waals surface area contributed by atoms with Crippen molar-refractivity contribution in [2.75, 3.05) is 13.1 Å². The highest BCUT2D eigenvalue weighted by Crippen LogP contribution is 2.32. The summed E-state index contributed by atoms with van der Waals surface area (Å²) in [5.41, 5.74) is 0.488. The Labute approximate surface area is 162 Å². The van der Waals surface area contributed by atoms with Gasteiger partial charge in [-0.25, -0.2) is 8.42 Å². The Bertz CT molecular complexity index is 911. The minimum atomic E-state index is -3.70. The van der Waals surface area contributed by atoms with E-state index in [2.05, 4.69) is 0 Å². The largest absolute Gasteiger partial charge is 0.372 e. The highest BCUT2D eigenvalue weighted by molar-refractivity contribution is 7.91. The Morgan fingerprint density at radius 2 is 1.77 bits per heavy atom. The number of sulfone groups is 1. The molecule has 2 heterocycles. The van der Waals surface area contributed by atoms with Gasteiger partial charge in [0.2, 0.25) is 9.84 Å². The van der Waals surface area contributed by atoms with Gasteiger partial charge in [0.15, 0.2) is 0 Å². The quantitative estimate of drug-likeness (QED) is 0.767. The van der Waals surface area contributed by atoms with E-state index in [1.165, 1.54) is 23.5 Å². The molecule has 1 aliphatic heterocycles. The van der Waals surface area contributed by atoms with Crippen molar-refractivity contribution in [2.45, 2.75) is 42.8 Å². The zero-order valence-electron chi connectivity index (χ0n) is 14.7. The van der Waals surface area contributed by atoms with E-state index in [0.29, 0.717) is 28.6 Å². The minimum absolute atomic E-state index is 0.0414. The van der Waals surface area contributed by atoms with Gasteiger partial charge in [-0.15, -0.1) is 11.3 Å². The molecule has 1 aromatic carbocycles. The number of carbonyl (C=O) groups is 1. The first-order chi connectivity index (χ1) is 12.2. The van der Waals surface area contributed by atoms with E-state index in [1.807, 2.05) is 13.8 Å². The van der Waals surface area contributed by atoms with Crippen LogP contribution < -0.4 is 0 Å². The fourth-order valence-electron chi connectivity index (χ4n) is 3.10. The van der Waals surface area contributed by atoms with E-state index in [9.17, 15) is 13.2 Å². The van der Waals surface area contributed by atoms with Crippen molar-refractivity contribution in [1.82, 2.24) is 4.90 Å². The molecule has 1 amide bonds. The monoisotopic (exact) mass is 413 g/mol. The van der Waals surface area contributed by atoms with Crippen LogP contribution in [0, 0.1) is 6.92 Å². The third-order valence-corrected chi connectivity index (χ3v) is 7.68. The van der Waals surface area contributed by atoms with Crippen LogP contribution in [0.3, 0.4) is 0 Å². The number of amides is 1. The Balaban J connectivity index is 1.92. The molecule has 0 spiro atoms. The predicted octanol–water partition coefficient (Wildman–Crippen LogP) is 3.79. The molecule has 0 radical (unpaired) electrons. The van der Waals surface area contributed by atoms with E-state index < -0.39 is 9.84 Å². The van der Waals surface area contributed by atoms with Gasteiger partial charge in [-0.1, -0.05) is 11.6 Å². The molecule has 8 heteroatoms. The van der Waals surface area contributed by atoms with Crippen molar-refractivity contribution >= 4 is 38.7 Å². The summed E-state index contributed by atoms with van der Waals surface area (Å²) < 4.78 is 31.5. The first kappa shape index (κ1) is 19.4. The maximum absolute atomic E-state index is 12.9. The summed E-state index contributed by atoms with van der Waals surface area (Å²) in [6.07, 6.45) is -0.0829. The SMILES string of the molecule is Cc1c(S(=O)(=O)c2ccc(Cl)cc2)csc1C(=O)N1C[C@@H](C)O[C@@H](C)C1. The number of hydrogen-bond acceptors (Lipinski definition) is 5. The maximum Gasteiger partial charge on any atom is 0.264 e. The Kier molecular flexibility index (Phi) is 5.44. The van der Waals surface area contributed by atoms with Crippen LogP contribution in [0.25, 0.3) is 0 Å². The molecule has 0 saturated carbocycles. The van der Waals surface area contributed by atoms with E-state index in [4.69, 9.17) is 16.3 Å². The summed E-state index contributed by atoms with van der Waals surface area (Å²) >= 11 is 7.01. The highest BCUT2D eigenvalue weighted by Gasteiger charge is 2.31. The van der Waals surface area contributed by atoms with Crippen molar-refractivity contribution in [2.24, 2.45) is 0 Å². The summed E-state index contributed by atoms with van der Waals surface area (Å²) in [6.45, 7) is 6.53. The molecule has 0 bridgehead atoms. The van der Waals surface area contributed by atoms with Crippen LogP contribution in [-0.4, -0.2) is 44.5 Å². The topological polar surface area (TPSA) is 63.7 Å². The lowest BCUT2D eigenvalue weighted by Crippen LogP contribution is -2.48. The second kappa shape index (κ2) is 7.31. The molecule has 0 unspecified atom stereocenters. The van der Waals surface area contributed by atoms with Crippen LogP contribution in [0.2, 0.25) is 5.02 Å². The zero-order chi connectivity index (χ0) is 19.1. The lowest BCUT2D eigenvalue weighted by Gasteiger charge is -2.35. The summed E-state index contributed by atoms with van der Waals surface area (Å²) in [6, 6.07) is 6.03. The number of hydrogen-bond donors (Lipinski definition) is 0. The van der Waals surface area contributed by atoms with Crippen molar-refractivity contribution < 1.29 is 17.9 Å². The van der Waals surface area contributed by atoms with Crippen LogP contribution in [0.15, 0.2) is 39.4 Å². The summed E-state index contributed by atoms with van der Waals surface area (Å²) in [7, 11) is -3.70. The van der Waals surface area contributed by atoms with Crippen LogP contribution in [0.1, 0.15) is 29.1 Å². The van der Waals surface area contributed by atoms with Gasteiger partial charge in [0.1, 0.15) is 0 Å². The third kappa shape index (κ3) is 3.67. The molecule has 1 aromatic heterocycles.